The Balaban J connectivity index is 2.49. The van der Waals surface area contributed by atoms with Gasteiger partial charge in [0.25, 0.3) is 0 Å². The van der Waals surface area contributed by atoms with E-state index in [0.29, 0.717) is 19.5 Å². The summed E-state index contributed by atoms with van der Waals surface area (Å²) >= 11 is 3.43. The quantitative estimate of drug-likeness (QED) is 0.805. The highest BCUT2D eigenvalue weighted by Crippen LogP contribution is 2.23. The largest absolute Gasteiger partial charge is 0.496 e. The molecule has 0 aromatic heterocycles. The fourth-order valence-electron chi connectivity index (χ4n) is 1.82. The van der Waals surface area contributed by atoms with Crippen molar-refractivity contribution in [2.24, 2.45) is 11.7 Å². The predicted octanol–water partition coefficient (Wildman–Crippen LogP) is 2.10. The second kappa shape index (κ2) is 8.17. The zero-order valence-electron chi connectivity index (χ0n) is 11.4. The molecule has 0 saturated heterocycles. The molecule has 1 unspecified atom stereocenters. The zero-order chi connectivity index (χ0) is 14.3. The summed E-state index contributed by atoms with van der Waals surface area (Å²) in [4.78, 5) is 11.7. The van der Waals surface area contributed by atoms with Crippen LogP contribution >= 0.6 is 15.9 Å². The van der Waals surface area contributed by atoms with Crippen LogP contribution < -0.4 is 15.8 Å². The smallest absolute Gasteiger partial charge is 0.222 e. The molecular formula is C14H21BrN2O2. The maximum atomic E-state index is 11.7. The van der Waals surface area contributed by atoms with Crippen molar-refractivity contribution in [3.05, 3.63) is 28.2 Å². The fourth-order valence-corrected chi connectivity index (χ4v) is 2.23. The SMILES string of the molecule is COc1ccc(Br)cc1CCNC(=O)C(C)CCN. The summed E-state index contributed by atoms with van der Waals surface area (Å²) in [5.74, 6) is 0.862. The molecule has 3 N–H and O–H groups in total. The molecule has 1 aromatic carbocycles. The molecule has 1 aromatic rings. The number of hydrogen-bond donors (Lipinski definition) is 2. The number of carbonyl (C=O) groups excluding carboxylic acids is 1. The third-order valence-electron chi connectivity index (χ3n) is 2.98. The van der Waals surface area contributed by atoms with Gasteiger partial charge in [-0.05, 0) is 43.1 Å². The third kappa shape index (κ3) is 5.20. The van der Waals surface area contributed by atoms with E-state index in [9.17, 15) is 4.79 Å². The Morgan fingerprint density at radius 1 is 1.53 bits per heavy atom. The average molecular weight is 329 g/mol. The Bertz CT molecular complexity index is 424. The van der Waals surface area contributed by atoms with E-state index in [-0.39, 0.29) is 11.8 Å². The number of nitrogens with one attached hydrogen (secondary N) is 1. The van der Waals surface area contributed by atoms with Crippen molar-refractivity contribution in [2.75, 3.05) is 20.2 Å². The first-order chi connectivity index (χ1) is 9.08. The summed E-state index contributed by atoms with van der Waals surface area (Å²) in [6.45, 7) is 3.02. The van der Waals surface area contributed by atoms with Gasteiger partial charge in [0.15, 0.2) is 0 Å². The van der Waals surface area contributed by atoms with Crippen LogP contribution in [0.1, 0.15) is 18.9 Å². The molecule has 5 heteroatoms. The van der Waals surface area contributed by atoms with Gasteiger partial charge in [-0.1, -0.05) is 22.9 Å². The van der Waals surface area contributed by atoms with E-state index >= 15 is 0 Å². The topological polar surface area (TPSA) is 64.3 Å². The van der Waals surface area contributed by atoms with E-state index in [2.05, 4.69) is 21.2 Å². The summed E-state index contributed by atoms with van der Waals surface area (Å²) in [6.07, 6.45) is 1.45. The van der Waals surface area contributed by atoms with Gasteiger partial charge < -0.3 is 15.8 Å². The molecule has 0 aliphatic heterocycles. The standard InChI is InChI=1S/C14H21BrN2O2/c1-10(5-7-16)14(18)17-8-6-11-9-12(15)3-4-13(11)19-2/h3-4,9-10H,5-8,16H2,1-2H3,(H,17,18). The van der Waals surface area contributed by atoms with Crippen LogP contribution in [-0.4, -0.2) is 26.1 Å². The van der Waals surface area contributed by atoms with Crippen LogP contribution in [0.2, 0.25) is 0 Å². The van der Waals surface area contributed by atoms with Gasteiger partial charge in [-0.3, -0.25) is 4.79 Å². The van der Waals surface area contributed by atoms with Gasteiger partial charge in [-0.15, -0.1) is 0 Å². The molecular weight excluding hydrogens is 308 g/mol. The van der Waals surface area contributed by atoms with Crippen LogP contribution in [0.25, 0.3) is 0 Å². The van der Waals surface area contributed by atoms with Gasteiger partial charge >= 0.3 is 0 Å². The van der Waals surface area contributed by atoms with Crippen molar-refractivity contribution >= 4 is 21.8 Å². The predicted molar refractivity (Wildman–Crippen MR) is 80.2 cm³/mol. The number of rotatable bonds is 7. The van der Waals surface area contributed by atoms with Crippen molar-refractivity contribution in [3.63, 3.8) is 0 Å². The maximum absolute atomic E-state index is 11.7. The summed E-state index contributed by atoms with van der Waals surface area (Å²) in [7, 11) is 1.65. The molecule has 0 aliphatic carbocycles. The van der Waals surface area contributed by atoms with E-state index in [1.807, 2.05) is 25.1 Å². The van der Waals surface area contributed by atoms with Crippen LogP contribution in [0.15, 0.2) is 22.7 Å². The van der Waals surface area contributed by atoms with Crippen molar-refractivity contribution in [1.29, 1.82) is 0 Å². The highest BCUT2D eigenvalue weighted by molar-refractivity contribution is 9.10. The molecule has 1 atom stereocenters. The lowest BCUT2D eigenvalue weighted by Gasteiger charge is -2.12. The minimum Gasteiger partial charge on any atom is -0.496 e. The normalized spacial score (nSPS) is 12.0. The molecule has 4 nitrogen and oxygen atoms in total. The van der Waals surface area contributed by atoms with Crippen LogP contribution in [-0.2, 0) is 11.2 Å². The molecule has 19 heavy (non-hydrogen) atoms. The summed E-state index contributed by atoms with van der Waals surface area (Å²) in [6, 6.07) is 5.86. The van der Waals surface area contributed by atoms with Crippen molar-refractivity contribution in [2.45, 2.75) is 19.8 Å². The molecule has 1 rings (SSSR count). The molecule has 0 radical (unpaired) electrons. The van der Waals surface area contributed by atoms with E-state index in [1.54, 1.807) is 7.11 Å². The fraction of sp³-hybridized carbons (Fsp3) is 0.500. The molecule has 0 saturated carbocycles. The lowest BCUT2D eigenvalue weighted by Crippen LogP contribution is -2.31. The molecule has 0 bridgehead atoms. The van der Waals surface area contributed by atoms with E-state index in [1.165, 1.54) is 0 Å². The van der Waals surface area contributed by atoms with Crippen LogP contribution in [0, 0.1) is 5.92 Å². The highest BCUT2D eigenvalue weighted by Gasteiger charge is 2.11. The van der Waals surface area contributed by atoms with Crippen molar-refractivity contribution in [3.8, 4) is 5.75 Å². The van der Waals surface area contributed by atoms with Crippen molar-refractivity contribution < 1.29 is 9.53 Å². The molecule has 0 aliphatic rings. The van der Waals surface area contributed by atoms with Gasteiger partial charge in [-0.25, -0.2) is 0 Å². The number of amides is 1. The number of halogens is 1. The summed E-state index contributed by atoms with van der Waals surface area (Å²) < 4.78 is 6.30. The number of carbonyl (C=O) groups is 1. The molecule has 0 fully saturated rings. The monoisotopic (exact) mass is 328 g/mol. The van der Waals surface area contributed by atoms with E-state index in [0.717, 1.165) is 22.2 Å². The average Bonchev–Trinajstić information content (AvgIpc) is 2.39. The molecule has 106 valence electrons. The lowest BCUT2D eigenvalue weighted by atomic mass is 10.1. The lowest BCUT2D eigenvalue weighted by molar-refractivity contribution is -0.124. The number of nitrogens with two attached hydrogens (primary N) is 1. The van der Waals surface area contributed by atoms with Crippen LogP contribution in [0.3, 0.4) is 0 Å². The molecule has 0 spiro atoms. The van der Waals surface area contributed by atoms with E-state index < -0.39 is 0 Å². The van der Waals surface area contributed by atoms with Gasteiger partial charge in [0.1, 0.15) is 5.75 Å². The molecule has 0 heterocycles. The van der Waals surface area contributed by atoms with E-state index in [4.69, 9.17) is 10.5 Å². The first-order valence-electron chi connectivity index (χ1n) is 6.38. The number of methoxy groups -OCH3 is 1. The third-order valence-corrected chi connectivity index (χ3v) is 3.48. The zero-order valence-corrected chi connectivity index (χ0v) is 13.0. The van der Waals surface area contributed by atoms with Crippen LogP contribution in [0.4, 0.5) is 0 Å². The Morgan fingerprint density at radius 2 is 2.26 bits per heavy atom. The van der Waals surface area contributed by atoms with Gasteiger partial charge in [0.05, 0.1) is 7.11 Å². The number of benzene rings is 1. The Hall–Kier alpha value is -1.07. The Morgan fingerprint density at radius 3 is 2.89 bits per heavy atom. The first kappa shape index (κ1) is 16.0. The second-order valence-electron chi connectivity index (χ2n) is 4.48. The Labute approximate surface area is 122 Å². The van der Waals surface area contributed by atoms with Gasteiger partial charge in [0.2, 0.25) is 5.91 Å². The second-order valence-corrected chi connectivity index (χ2v) is 5.39. The first-order valence-corrected chi connectivity index (χ1v) is 7.18. The number of hydrogen-bond acceptors (Lipinski definition) is 3. The Kier molecular flexibility index (Phi) is 6.87. The minimum atomic E-state index is -0.0330. The van der Waals surface area contributed by atoms with Gasteiger partial charge in [-0.2, -0.15) is 0 Å². The molecule has 1 amide bonds. The van der Waals surface area contributed by atoms with Gasteiger partial charge in [0, 0.05) is 16.9 Å². The number of ether oxygens (including phenoxy) is 1. The highest BCUT2D eigenvalue weighted by atomic mass is 79.9. The van der Waals surface area contributed by atoms with Crippen molar-refractivity contribution in [1.82, 2.24) is 5.32 Å². The van der Waals surface area contributed by atoms with Crippen LogP contribution in [0.5, 0.6) is 5.75 Å². The summed E-state index contributed by atoms with van der Waals surface area (Å²) in [5, 5.41) is 2.92. The minimum absolute atomic E-state index is 0.0330. The summed E-state index contributed by atoms with van der Waals surface area (Å²) in [5.41, 5.74) is 6.51. The maximum Gasteiger partial charge on any atom is 0.222 e.